The van der Waals surface area contributed by atoms with Crippen molar-refractivity contribution in [3.63, 3.8) is 0 Å². The summed E-state index contributed by atoms with van der Waals surface area (Å²) in [6, 6.07) is 0.481. The standard InChI is InChI=1S/C17H28N2O2/c1-18-10-9-14(11-16(18)20)17(21)19(15-7-8-15)12-13-5-3-2-4-6-13/h13-15H,2-12H2,1H3. The summed E-state index contributed by atoms with van der Waals surface area (Å²) in [5, 5.41) is 0. The van der Waals surface area contributed by atoms with Gasteiger partial charge in [-0.2, -0.15) is 0 Å². The zero-order valence-electron chi connectivity index (χ0n) is 13.2. The minimum absolute atomic E-state index is 0.0575. The summed E-state index contributed by atoms with van der Waals surface area (Å²) < 4.78 is 0. The van der Waals surface area contributed by atoms with Crippen molar-refractivity contribution < 1.29 is 9.59 Å². The number of likely N-dealkylation sites (tertiary alicyclic amines) is 1. The van der Waals surface area contributed by atoms with Crippen molar-refractivity contribution in [2.75, 3.05) is 20.1 Å². The number of hydrogen-bond donors (Lipinski definition) is 0. The quantitative estimate of drug-likeness (QED) is 0.798. The highest BCUT2D eigenvalue weighted by Crippen LogP contribution is 2.33. The van der Waals surface area contributed by atoms with Crippen LogP contribution in [0.3, 0.4) is 0 Å². The number of amides is 2. The van der Waals surface area contributed by atoms with Crippen LogP contribution in [-0.4, -0.2) is 47.8 Å². The average molecular weight is 292 g/mol. The van der Waals surface area contributed by atoms with E-state index in [1.807, 2.05) is 7.05 Å². The van der Waals surface area contributed by atoms with Gasteiger partial charge in [0.05, 0.1) is 0 Å². The Kier molecular flexibility index (Phi) is 4.51. The summed E-state index contributed by atoms with van der Waals surface area (Å²) in [6.07, 6.45) is 10.2. The number of carbonyl (C=O) groups excluding carboxylic acids is 2. The molecule has 4 nitrogen and oxygen atoms in total. The van der Waals surface area contributed by atoms with Crippen LogP contribution in [0, 0.1) is 11.8 Å². The van der Waals surface area contributed by atoms with Gasteiger partial charge in [-0.05, 0) is 38.0 Å². The maximum Gasteiger partial charge on any atom is 0.226 e. The lowest BCUT2D eigenvalue weighted by Crippen LogP contribution is -2.46. The third kappa shape index (κ3) is 3.58. The Morgan fingerprint density at radius 1 is 1.14 bits per heavy atom. The zero-order chi connectivity index (χ0) is 14.8. The minimum atomic E-state index is -0.0575. The highest BCUT2D eigenvalue weighted by atomic mass is 16.2. The number of rotatable bonds is 4. The monoisotopic (exact) mass is 292 g/mol. The van der Waals surface area contributed by atoms with Crippen LogP contribution in [0.25, 0.3) is 0 Å². The molecule has 118 valence electrons. The van der Waals surface area contributed by atoms with E-state index in [1.165, 1.54) is 44.9 Å². The second-order valence-electron chi connectivity index (χ2n) is 7.23. The fourth-order valence-corrected chi connectivity index (χ4v) is 3.84. The molecular formula is C17H28N2O2. The van der Waals surface area contributed by atoms with E-state index in [1.54, 1.807) is 4.90 Å². The van der Waals surface area contributed by atoms with Crippen LogP contribution >= 0.6 is 0 Å². The van der Waals surface area contributed by atoms with Gasteiger partial charge in [0.2, 0.25) is 11.8 Å². The summed E-state index contributed by atoms with van der Waals surface area (Å²) in [7, 11) is 1.84. The van der Waals surface area contributed by atoms with Gasteiger partial charge in [0.1, 0.15) is 0 Å². The topological polar surface area (TPSA) is 40.6 Å². The lowest BCUT2D eigenvalue weighted by Gasteiger charge is -2.35. The van der Waals surface area contributed by atoms with E-state index in [-0.39, 0.29) is 17.7 Å². The molecule has 3 rings (SSSR count). The van der Waals surface area contributed by atoms with Gasteiger partial charge in [0.25, 0.3) is 0 Å². The van der Waals surface area contributed by atoms with E-state index >= 15 is 0 Å². The van der Waals surface area contributed by atoms with Crippen LogP contribution in [0.15, 0.2) is 0 Å². The number of piperidine rings is 1. The van der Waals surface area contributed by atoms with Crippen molar-refractivity contribution >= 4 is 11.8 Å². The highest BCUT2D eigenvalue weighted by Gasteiger charge is 2.39. The molecule has 3 aliphatic rings. The lowest BCUT2D eigenvalue weighted by atomic mass is 9.88. The SMILES string of the molecule is CN1CCC(C(=O)N(CC2CCCCC2)C2CC2)CC1=O. The summed E-state index contributed by atoms with van der Waals surface area (Å²) >= 11 is 0. The van der Waals surface area contributed by atoms with Crippen molar-refractivity contribution in [2.24, 2.45) is 11.8 Å². The first-order chi connectivity index (χ1) is 10.1. The molecule has 0 aromatic carbocycles. The summed E-state index contributed by atoms with van der Waals surface area (Å²) in [6.45, 7) is 1.68. The van der Waals surface area contributed by atoms with Crippen molar-refractivity contribution in [1.82, 2.24) is 9.80 Å². The highest BCUT2D eigenvalue weighted by molar-refractivity contribution is 5.87. The van der Waals surface area contributed by atoms with Gasteiger partial charge in [-0.3, -0.25) is 9.59 Å². The van der Waals surface area contributed by atoms with Crippen LogP contribution in [0.2, 0.25) is 0 Å². The molecule has 1 unspecified atom stereocenters. The Labute approximate surface area is 127 Å². The normalized spacial score (nSPS) is 27.8. The molecule has 1 saturated heterocycles. The average Bonchev–Trinajstić information content (AvgIpc) is 3.33. The Hall–Kier alpha value is -1.06. The summed E-state index contributed by atoms with van der Waals surface area (Å²) in [5.41, 5.74) is 0. The molecule has 0 bridgehead atoms. The molecule has 1 heterocycles. The Balaban J connectivity index is 1.60. The van der Waals surface area contributed by atoms with Crippen molar-refractivity contribution in [2.45, 2.75) is 63.8 Å². The van der Waals surface area contributed by atoms with E-state index in [2.05, 4.69) is 4.90 Å². The third-order valence-electron chi connectivity index (χ3n) is 5.46. The molecule has 1 atom stereocenters. The first-order valence-electron chi connectivity index (χ1n) is 8.69. The van der Waals surface area contributed by atoms with Gasteiger partial charge < -0.3 is 9.80 Å². The second-order valence-corrected chi connectivity index (χ2v) is 7.23. The van der Waals surface area contributed by atoms with Crippen molar-refractivity contribution in [3.8, 4) is 0 Å². The van der Waals surface area contributed by atoms with Crippen molar-refractivity contribution in [1.29, 1.82) is 0 Å². The smallest absolute Gasteiger partial charge is 0.226 e. The molecular weight excluding hydrogens is 264 g/mol. The second kappa shape index (κ2) is 6.37. The van der Waals surface area contributed by atoms with Gasteiger partial charge in [0, 0.05) is 38.5 Å². The molecule has 3 fully saturated rings. The number of nitrogens with zero attached hydrogens (tertiary/aromatic N) is 2. The molecule has 0 N–H and O–H groups in total. The zero-order valence-corrected chi connectivity index (χ0v) is 13.2. The fraction of sp³-hybridized carbons (Fsp3) is 0.882. The van der Waals surface area contributed by atoms with Crippen molar-refractivity contribution in [3.05, 3.63) is 0 Å². The predicted octanol–water partition coefficient (Wildman–Crippen LogP) is 2.43. The molecule has 1 aliphatic heterocycles. The maximum atomic E-state index is 12.9. The van der Waals surface area contributed by atoms with E-state index in [0.29, 0.717) is 18.4 Å². The molecule has 2 saturated carbocycles. The molecule has 21 heavy (non-hydrogen) atoms. The van der Waals surface area contributed by atoms with Gasteiger partial charge in [-0.1, -0.05) is 19.3 Å². The molecule has 2 aliphatic carbocycles. The summed E-state index contributed by atoms with van der Waals surface area (Å²) in [4.78, 5) is 28.6. The fourth-order valence-electron chi connectivity index (χ4n) is 3.84. The Morgan fingerprint density at radius 2 is 1.86 bits per heavy atom. The van der Waals surface area contributed by atoms with E-state index in [4.69, 9.17) is 0 Å². The Bertz CT molecular complexity index is 400. The predicted molar refractivity (Wildman–Crippen MR) is 81.7 cm³/mol. The van der Waals surface area contributed by atoms with Gasteiger partial charge in [-0.15, -0.1) is 0 Å². The van der Waals surface area contributed by atoms with Gasteiger partial charge in [0.15, 0.2) is 0 Å². The first-order valence-corrected chi connectivity index (χ1v) is 8.69. The van der Waals surface area contributed by atoms with Crippen LogP contribution < -0.4 is 0 Å². The first kappa shape index (κ1) is 14.9. The number of hydrogen-bond acceptors (Lipinski definition) is 2. The molecule has 0 radical (unpaired) electrons. The minimum Gasteiger partial charge on any atom is -0.346 e. The van der Waals surface area contributed by atoms with E-state index in [9.17, 15) is 9.59 Å². The van der Waals surface area contributed by atoms with Crippen LogP contribution in [0.4, 0.5) is 0 Å². The van der Waals surface area contributed by atoms with Gasteiger partial charge >= 0.3 is 0 Å². The maximum absolute atomic E-state index is 12.9. The molecule has 0 aromatic rings. The van der Waals surface area contributed by atoms with Gasteiger partial charge in [-0.25, -0.2) is 0 Å². The van der Waals surface area contributed by atoms with E-state index in [0.717, 1.165) is 19.5 Å². The molecule has 4 heteroatoms. The van der Waals surface area contributed by atoms with Crippen LogP contribution in [0.5, 0.6) is 0 Å². The largest absolute Gasteiger partial charge is 0.346 e. The number of carbonyl (C=O) groups is 2. The van der Waals surface area contributed by atoms with Crippen LogP contribution in [-0.2, 0) is 9.59 Å². The lowest BCUT2D eigenvalue weighted by molar-refractivity contribution is -0.145. The molecule has 2 amide bonds. The Morgan fingerprint density at radius 3 is 2.48 bits per heavy atom. The van der Waals surface area contributed by atoms with E-state index < -0.39 is 0 Å². The summed E-state index contributed by atoms with van der Waals surface area (Å²) in [5.74, 6) is 1.04. The molecule has 0 aromatic heterocycles. The molecule has 0 spiro atoms. The third-order valence-corrected chi connectivity index (χ3v) is 5.46. The van der Waals surface area contributed by atoms with Crippen LogP contribution in [0.1, 0.15) is 57.8 Å².